The lowest BCUT2D eigenvalue weighted by Gasteiger charge is -2.50. The first-order valence-corrected chi connectivity index (χ1v) is 19.5. The molecule has 5 rings (SSSR count). The van der Waals surface area contributed by atoms with Gasteiger partial charge in [0.05, 0.1) is 26.4 Å². The van der Waals surface area contributed by atoms with Crippen molar-refractivity contribution in [2.45, 2.75) is 85.2 Å². The van der Waals surface area contributed by atoms with E-state index in [9.17, 15) is 19.8 Å². The number of rotatable bonds is 13. The highest BCUT2D eigenvalue weighted by Crippen LogP contribution is 2.48. The van der Waals surface area contributed by atoms with Crippen molar-refractivity contribution in [1.29, 1.82) is 0 Å². The molecule has 2 amide bonds. The van der Waals surface area contributed by atoms with E-state index < -0.39 is 24.2 Å². The molecule has 4 N–H and O–H groups in total. The molecule has 2 fully saturated rings. The Kier molecular flexibility index (Phi) is 13.4. The van der Waals surface area contributed by atoms with Crippen LogP contribution >= 0.6 is 11.6 Å². The predicted octanol–water partition coefficient (Wildman–Crippen LogP) is 6.35. The van der Waals surface area contributed by atoms with Crippen molar-refractivity contribution >= 4 is 29.1 Å². The second kappa shape index (κ2) is 17.4. The molecule has 1 heterocycles. The van der Waals surface area contributed by atoms with Gasteiger partial charge in [0.15, 0.2) is 0 Å². The average Bonchev–Trinajstić information content (AvgIpc) is 3.51. The third-order valence-electron chi connectivity index (χ3n) is 12.4. The largest absolute Gasteiger partial charge is 0.496 e. The van der Waals surface area contributed by atoms with Crippen LogP contribution in [0.25, 0.3) is 11.1 Å². The number of methoxy groups -OCH3 is 1. The Balaban J connectivity index is 1.46. The quantitative estimate of drug-likeness (QED) is 0.159. The van der Waals surface area contributed by atoms with Gasteiger partial charge in [-0.1, -0.05) is 76.6 Å². The standard InChI is InChI=1S/C43H59ClN4O6/c1-25-17-36(26(2)27(3)43(25,5)6)46-42(52)39-38(28(4)50)37(24-49)54-48(39)23-32-19-33(44)22-35(40(32)53-9)30-18-31(21-34(20-30)47(7)8)41(51)45-16-15-29-13-11-10-12-14-29/h10-14,18-22,25-28,36-39,49-50H,15-17,23-24H2,1-9H3,(H,45,51)(H,46,52)/t25-,26+,27+,28+,36+,37+,38-,39+/m1/s1. The lowest BCUT2D eigenvalue weighted by molar-refractivity contribution is -0.182. The number of nitrogens with zero attached hydrogens (tertiary/aromatic N) is 2. The maximum Gasteiger partial charge on any atom is 0.251 e. The smallest absolute Gasteiger partial charge is 0.251 e. The summed E-state index contributed by atoms with van der Waals surface area (Å²) in [6.45, 7) is 13.1. The summed E-state index contributed by atoms with van der Waals surface area (Å²) in [4.78, 5) is 36.1. The number of hydrogen-bond donors (Lipinski definition) is 4. The highest BCUT2D eigenvalue weighted by atomic mass is 35.5. The number of aliphatic hydroxyl groups is 2. The van der Waals surface area contributed by atoms with Gasteiger partial charge < -0.3 is 30.5 Å². The number of carbonyl (C=O) groups is 2. The number of hydroxylamine groups is 2. The summed E-state index contributed by atoms with van der Waals surface area (Å²) in [5.74, 6) is 0.361. The van der Waals surface area contributed by atoms with E-state index in [2.05, 4.69) is 45.3 Å². The number of anilines is 1. The fraction of sp³-hybridized carbons (Fsp3) is 0.535. The van der Waals surface area contributed by atoms with Crippen LogP contribution in [0.3, 0.4) is 0 Å². The summed E-state index contributed by atoms with van der Waals surface area (Å²) in [6, 6.07) is 18.3. The summed E-state index contributed by atoms with van der Waals surface area (Å²) in [6.07, 6.45) is -0.193. The van der Waals surface area contributed by atoms with Crippen molar-refractivity contribution in [1.82, 2.24) is 15.7 Å². The first kappa shape index (κ1) is 41.5. The molecule has 1 aliphatic heterocycles. The van der Waals surface area contributed by atoms with Crippen LogP contribution in [0.15, 0.2) is 60.7 Å². The van der Waals surface area contributed by atoms with Crippen molar-refractivity contribution in [3.63, 3.8) is 0 Å². The Bertz CT molecular complexity index is 1770. The van der Waals surface area contributed by atoms with E-state index in [1.807, 2.05) is 67.5 Å². The van der Waals surface area contributed by atoms with E-state index in [-0.39, 0.29) is 42.3 Å². The van der Waals surface area contributed by atoms with Crippen LogP contribution in [-0.4, -0.2) is 85.7 Å². The molecule has 294 valence electrons. The molecule has 2 aliphatic rings. The number of benzene rings is 3. The highest BCUT2D eigenvalue weighted by molar-refractivity contribution is 6.31. The number of halogens is 1. The Labute approximate surface area is 326 Å². The zero-order valence-corrected chi connectivity index (χ0v) is 34.0. The molecule has 0 aromatic heterocycles. The predicted molar refractivity (Wildman–Crippen MR) is 215 cm³/mol. The molecule has 3 aromatic rings. The normalized spacial score (nSPS) is 25.9. The first-order chi connectivity index (χ1) is 25.6. The fourth-order valence-electron chi connectivity index (χ4n) is 8.32. The zero-order valence-electron chi connectivity index (χ0n) is 33.2. The summed E-state index contributed by atoms with van der Waals surface area (Å²) in [7, 11) is 5.40. The van der Waals surface area contributed by atoms with Crippen LogP contribution < -0.4 is 20.3 Å². The molecular formula is C43H59ClN4O6. The highest BCUT2D eigenvalue weighted by Gasteiger charge is 2.51. The zero-order chi connectivity index (χ0) is 39.5. The number of hydrogen-bond acceptors (Lipinski definition) is 8. The SMILES string of the molecule is COc1c(CN2O[C@@H](CO)[C@@H]([C@H](C)O)[C@H]2C(=O)N[C@H]2C[C@@H](C)C(C)(C)[C@@H](C)[C@@H]2C)cc(Cl)cc1-c1cc(C(=O)NCCc2ccccc2)cc(N(C)C)c1. The van der Waals surface area contributed by atoms with Gasteiger partial charge in [-0.2, -0.15) is 5.06 Å². The van der Waals surface area contributed by atoms with Crippen LogP contribution in [0.4, 0.5) is 5.69 Å². The molecule has 3 aromatic carbocycles. The minimum atomic E-state index is -0.939. The van der Waals surface area contributed by atoms with Gasteiger partial charge in [-0.15, -0.1) is 0 Å². The lowest BCUT2D eigenvalue weighted by atomic mass is 9.58. The first-order valence-electron chi connectivity index (χ1n) is 19.1. The van der Waals surface area contributed by atoms with E-state index in [0.29, 0.717) is 52.3 Å². The van der Waals surface area contributed by atoms with E-state index in [0.717, 1.165) is 23.2 Å². The van der Waals surface area contributed by atoms with Crippen LogP contribution in [0, 0.1) is 29.1 Å². The number of nitrogens with one attached hydrogen (secondary N) is 2. The van der Waals surface area contributed by atoms with Crippen LogP contribution in [0.5, 0.6) is 5.75 Å². The van der Waals surface area contributed by atoms with Gasteiger partial charge in [-0.3, -0.25) is 14.4 Å². The van der Waals surface area contributed by atoms with Gasteiger partial charge >= 0.3 is 0 Å². The molecule has 0 bridgehead atoms. The second-order valence-electron chi connectivity index (χ2n) is 16.2. The van der Waals surface area contributed by atoms with Crippen LogP contribution in [0.1, 0.15) is 69.4 Å². The number of ether oxygens (including phenoxy) is 1. The summed E-state index contributed by atoms with van der Waals surface area (Å²) in [5.41, 5.74) is 4.60. The van der Waals surface area contributed by atoms with Crippen molar-refractivity contribution in [2.24, 2.45) is 29.1 Å². The van der Waals surface area contributed by atoms with Crippen molar-refractivity contribution < 1.29 is 29.4 Å². The molecule has 11 heteroatoms. The molecule has 1 aliphatic carbocycles. The molecule has 54 heavy (non-hydrogen) atoms. The van der Waals surface area contributed by atoms with Gasteiger partial charge in [0.1, 0.15) is 17.9 Å². The number of amides is 2. The third-order valence-corrected chi connectivity index (χ3v) is 12.6. The Morgan fingerprint density at radius 2 is 1.80 bits per heavy atom. The second-order valence-corrected chi connectivity index (χ2v) is 16.6. The fourth-order valence-corrected chi connectivity index (χ4v) is 8.56. The molecule has 10 nitrogen and oxygen atoms in total. The lowest BCUT2D eigenvalue weighted by Crippen LogP contribution is -2.56. The van der Waals surface area contributed by atoms with Gasteiger partial charge in [-0.25, -0.2) is 0 Å². The summed E-state index contributed by atoms with van der Waals surface area (Å²) < 4.78 is 6.06. The molecular weight excluding hydrogens is 704 g/mol. The van der Waals surface area contributed by atoms with Crippen LogP contribution in [-0.2, 0) is 22.6 Å². The Morgan fingerprint density at radius 1 is 1.09 bits per heavy atom. The topological polar surface area (TPSA) is 124 Å². The van der Waals surface area contributed by atoms with Gasteiger partial charge in [0.25, 0.3) is 5.91 Å². The molecule has 0 unspecified atom stereocenters. The summed E-state index contributed by atoms with van der Waals surface area (Å²) >= 11 is 6.81. The Morgan fingerprint density at radius 3 is 2.43 bits per heavy atom. The molecule has 0 spiro atoms. The van der Waals surface area contributed by atoms with Gasteiger partial charge in [0, 0.05) is 60.0 Å². The molecule has 8 atom stereocenters. The summed E-state index contributed by atoms with van der Waals surface area (Å²) in [5, 5.41) is 29.7. The number of aliphatic hydroxyl groups excluding tert-OH is 2. The third kappa shape index (κ3) is 8.89. The number of carbonyl (C=O) groups excluding carboxylic acids is 2. The maximum absolute atomic E-state index is 14.4. The minimum absolute atomic E-state index is 0.0544. The minimum Gasteiger partial charge on any atom is -0.496 e. The molecule has 0 radical (unpaired) electrons. The van der Waals surface area contributed by atoms with E-state index in [1.54, 1.807) is 31.2 Å². The maximum atomic E-state index is 14.4. The van der Waals surface area contributed by atoms with E-state index >= 15 is 0 Å². The molecule has 1 saturated carbocycles. The van der Waals surface area contributed by atoms with Crippen molar-refractivity contribution in [3.8, 4) is 16.9 Å². The van der Waals surface area contributed by atoms with Gasteiger partial charge in [-0.05, 0) is 84.4 Å². The van der Waals surface area contributed by atoms with Crippen molar-refractivity contribution in [3.05, 3.63) is 82.4 Å². The average molecular weight is 763 g/mol. The van der Waals surface area contributed by atoms with Crippen LogP contribution in [0.2, 0.25) is 5.02 Å². The Hall–Kier alpha value is -3.67. The van der Waals surface area contributed by atoms with Crippen molar-refractivity contribution in [2.75, 3.05) is 39.3 Å². The molecule has 1 saturated heterocycles. The van der Waals surface area contributed by atoms with E-state index in [1.165, 1.54) is 0 Å². The van der Waals surface area contributed by atoms with E-state index in [4.69, 9.17) is 21.2 Å². The van der Waals surface area contributed by atoms with Gasteiger partial charge in [0.2, 0.25) is 5.91 Å². The monoisotopic (exact) mass is 762 g/mol.